The predicted octanol–water partition coefficient (Wildman–Crippen LogP) is 1.45. The van der Waals surface area contributed by atoms with Gasteiger partial charge >= 0.3 is 0 Å². The molecule has 0 spiro atoms. The van der Waals surface area contributed by atoms with Gasteiger partial charge in [0.05, 0.1) is 6.07 Å². The van der Waals surface area contributed by atoms with Gasteiger partial charge in [0.15, 0.2) is 5.34 Å². The highest BCUT2D eigenvalue weighted by Gasteiger charge is 1.65. The predicted molar refractivity (Wildman–Crippen MR) is 28.1 cm³/mol. The lowest BCUT2D eigenvalue weighted by Gasteiger charge is -1.65. The van der Waals surface area contributed by atoms with Crippen LogP contribution in [0.1, 0.15) is 19.8 Å². The molecule has 46 valence electrons. The first-order valence-corrected chi connectivity index (χ1v) is 2.17. The summed E-state index contributed by atoms with van der Waals surface area (Å²) in [6.07, 6.45) is 1.68. The fourth-order valence-electron chi connectivity index (χ4n) is 0.112. The van der Waals surface area contributed by atoms with Crippen LogP contribution in [0.5, 0.6) is 0 Å². The molecule has 0 bridgehead atoms. The summed E-state index contributed by atoms with van der Waals surface area (Å²) in [5.74, 6) is 0. The fourth-order valence-corrected chi connectivity index (χ4v) is 0.112. The van der Waals surface area contributed by atoms with Crippen molar-refractivity contribution in [1.82, 2.24) is 0 Å². The highest BCUT2D eigenvalue weighted by molar-refractivity contribution is 4.65. The molecule has 0 aliphatic heterocycles. The molecular formula is C4H8N2O2. The van der Waals surface area contributed by atoms with Crippen LogP contribution < -0.4 is 0 Å². The number of nitrogens with zero attached hydrogens (tertiary/aromatic N) is 2. The van der Waals surface area contributed by atoms with Crippen molar-refractivity contribution in [2.24, 2.45) is 5.34 Å². The second kappa shape index (κ2) is 16.9. The Morgan fingerprint density at radius 3 is 2.25 bits per heavy atom. The van der Waals surface area contributed by atoms with Crippen molar-refractivity contribution in [2.75, 3.05) is 0 Å². The third-order valence-corrected chi connectivity index (χ3v) is 0.362. The standard InChI is InChI=1S/C4H7N.HNO2/c1-2-3-4-5;2-1-3/h2-3H2,1H3;(H,2,3). The Morgan fingerprint density at radius 1 is 1.88 bits per heavy atom. The van der Waals surface area contributed by atoms with Crippen LogP contribution in [0.15, 0.2) is 5.34 Å². The van der Waals surface area contributed by atoms with E-state index < -0.39 is 0 Å². The molecule has 4 heteroatoms. The van der Waals surface area contributed by atoms with Crippen LogP contribution in [0.2, 0.25) is 0 Å². The van der Waals surface area contributed by atoms with Gasteiger partial charge in [-0.2, -0.15) is 5.26 Å². The van der Waals surface area contributed by atoms with Crippen molar-refractivity contribution in [2.45, 2.75) is 19.8 Å². The molecule has 1 N–H and O–H groups in total. The van der Waals surface area contributed by atoms with E-state index in [1.807, 2.05) is 13.0 Å². The largest absolute Gasteiger partial charge is 0.379 e. The number of hydrogen-bond acceptors (Lipinski definition) is 3. The van der Waals surface area contributed by atoms with Gasteiger partial charge in [0.25, 0.3) is 0 Å². The molecule has 0 saturated heterocycles. The molecule has 0 unspecified atom stereocenters. The van der Waals surface area contributed by atoms with Crippen LogP contribution in [0.25, 0.3) is 0 Å². The summed E-state index contributed by atoms with van der Waals surface area (Å²) < 4.78 is 0. The maximum atomic E-state index is 8.11. The molecule has 0 amide bonds. The first-order chi connectivity index (χ1) is 3.83. The first-order valence-electron chi connectivity index (χ1n) is 2.17. The molecule has 8 heavy (non-hydrogen) atoms. The third-order valence-electron chi connectivity index (χ3n) is 0.362. The summed E-state index contributed by atoms with van der Waals surface area (Å²) in [5.41, 5.74) is 0. The van der Waals surface area contributed by atoms with E-state index in [9.17, 15) is 0 Å². The maximum Gasteiger partial charge on any atom is 0.152 e. The van der Waals surface area contributed by atoms with Crippen molar-refractivity contribution in [3.8, 4) is 6.07 Å². The molecular weight excluding hydrogens is 108 g/mol. The molecule has 0 aromatic carbocycles. The summed E-state index contributed by atoms with van der Waals surface area (Å²) in [6, 6.07) is 2.02. The van der Waals surface area contributed by atoms with Gasteiger partial charge in [-0.15, -0.1) is 4.91 Å². The molecule has 0 aliphatic carbocycles. The lowest BCUT2D eigenvalue weighted by molar-refractivity contribution is 0.312. The van der Waals surface area contributed by atoms with Crippen LogP contribution in [0.4, 0.5) is 0 Å². The van der Waals surface area contributed by atoms with Crippen LogP contribution in [0, 0.1) is 16.2 Å². The Labute approximate surface area is 47.7 Å². The summed E-state index contributed by atoms with van der Waals surface area (Å²) in [6.45, 7) is 1.99. The van der Waals surface area contributed by atoms with E-state index >= 15 is 0 Å². The normalized spacial score (nSPS) is 5.50. The monoisotopic (exact) mass is 116 g/mol. The average Bonchev–Trinajstić information content (AvgIpc) is 1.71. The summed E-state index contributed by atoms with van der Waals surface area (Å²) in [7, 11) is 0. The summed E-state index contributed by atoms with van der Waals surface area (Å²) >= 11 is 0. The molecule has 0 aromatic heterocycles. The smallest absolute Gasteiger partial charge is 0.152 e. The van der Waals surface area contributed by atoms with Gasteiger partial charge in [0.1, 0.15) is 0 Å². The lowest BCUT2D eigenvalue weighted by Crippen LogP contribution is -1.53. The van der Waals surface area contributed by atoms with E-state index in [0.29, 0.717) is 6.42 Å². The molecule has 0 saturated carbocycles. The Bertz CT molecular complexity index is 76.6. The van der Waals surface area contributed by atoms with Gasteiger partial charge in [-0.25, -0.2) is 0 Å². The van der Waals surface area contributed by atoms with E-state index in [1.165, 1.54) is 5.34 Å². The number of rotatable bonds is 1. The summed E-state index contributed by atoms with van der Waals surface area (Å²) in [5, 5.41) is 15.7. The van der Waals surface area contributed by atoms with Crippen LogP contribution >= 0.6 is 0 Å². The quantitative estimate of drug-likeness (QED) is 0.416. The highest BCUT2D eigenvalue weighted by Crippen LogP contribution is 1.77. The van der Waals surface area contributed by atoms with E-state index in [-0.39, 0.29) is 0 Å². The van der Waals surface area contributed by atoms with E-state index in [1.54, 1.807) is 0 Å². The zero-order valence-electron chi connectivity index (χ0n) is 4.66. The molecule has 0 radical (unpaired) electrons. The highest BCUT2D eigenvalue weighted by atomic mass is 16.6. The minimum Gasteiger partial charge on any atom is -0.379 e. The Hall–Kier alpha value is -1.11. The lowest BCUT2D eigenvalue weighted by atomic mass is 10.4. The molecule has 0 heterocycles. The van der Waals surface area contributed by atoms with Crippen LogP contribution in [-0.2, 0) is 0 Å². The van der Waals surface area contributed by atoms with Gasteiger partial charge in [-0.05, 0) is 6.42 Å². The first kappa shape index (κ1) is 10.00. The SMILES string of the molecule is CCCC#N.O=NO. The Balaban J connectivity index is 0. The van der Waals surface area contributed by atoms with Crippen LogP contribution in [-0.4, -0.2) is 5.21 Å². The van der Waals surface area contributed by atoms with Crippen molar-refractivity contribution in [1.29, 1.82) is 5.26 Å². The van der Waals surface area contributed by atoms with Gasteiger partial charge < -0.3 is 5.21 Å². The van der Waals surface area contributed by atoms with E-state index in [4.69, 9.17) is 15.4 Å². The number of unbranched alkanes of at least 4 members (excludes halogenated alkanes) is 1. The van der Waals surface area contributed by atoms with Gasteiger partial charge in [0.2, 0.25) is 0 Å². The zero-order valence-corrected chi connectivity index (χ0v) is 4.66. The van der Waals surface area contributed by atoms with Gasteiger partial charge in [-0.1, -0.05) is 6.92 Å². The van der Waals surface area contributed by atoms with Crippen molar-refractivity contribution in [3.05, 3.63) is 4.91 Å². The van der Waals surface area contributed by atoms with Crippen LogP contribution in [0.3, 0.4) is 0 Å². The maximum absolute atomic E-state index is 8.11. The molecule has 4 nitrogen and oxygen atoms in total. The number of nitriles is 1. The molecule has 0 rings (SSSR count). The van der Waals surface area contributed by atoms with E-state index in [2.05, 4.69) is 0 Å². The van der Waals surface area contributed by atoms with Crippen molar-refractivity contribution < 1.29 is 5.21 Å². The topological polar surface area (TPSA) is 73.5 Å². The zero-order chi connectivity index (χ0) is 6.83. The second-order valence-corrected chi connectivity index (χ2v) is 0.990. The van der Waals surface area contributed by atoms with E-state index in [0.717, 1.165) is 6.42 Å². The van der Waals surface area contributed by atoms with Crippen molar-refractivity contribution in [3.63, 3.8) is 0 Å². The second-order valence-electron chi connectivity index (χ2n) is 0.990. The van der Waals surface area contributed by atoms with Gasteiger partial charge in [-0.3, -0.25) is 0 Å². The van der Waals surface area contributed by atoms with Crippen molar-refractivity contribution >= 4 is 0 Å². The average molecular weight is 116 g/mol. The Morgan fingerprint density at radius 2 is 2.25 bits per heavy atom. The summed E-state index contributed by atoms with van der Waals surface area (Å²) in [4.78, 5) is 8.11. The van der Waals surface area contributed by atoms with Gasteiger partial charge in [0, 0.05) is 6.42 Å². The molecule has 0 aliphatic rings. The fraction of sp³-hybridized carbons (Fsp3) is 0.750. The molecule has 0 aromatic rings. The Kier molecular flexibility index (Phi) is 21.1. The third kappa shape index (κ3) is 93.4. The molecule has 0 atom stereocenters. The minimum absolute atomic E-state index is 0.694. The number of hydrogen-bond donors (Lipinski definition) is 1. The molecule has 0 fully saturated rings. The minimum atomic E-state index is 0.694.